The fourth-order valence-corrected chi connectivity index (χ4v) is 2.33. The molecule has 0 saturated carbocycles. The molecule has 1 aromatic rings. The SMILES string of the molecule is COCCc1ccccc1NC1(CC(=O)O)CNC1. The molecule has 3 N–H and O–H groups in total. The molecule has 104 valence electrons. The fraction of sp³-hybridized carbons (Fsp3) is 0.500. The Morgan fingerprint density at radius 1 is 1.47 bits per heavy atom. The summed E-state index contributed by atoms with van der Waals surface area (Å²) in [4.78, 5) is 11.0. The summed E-state index contributed by atoms with van der Waals surface area (Å²) in [5.41, 5.74) is 1.79. The Morgan fingerprint density at radius 2 is 2.21 bits per heavy atom. The molecule has 1 heterocycles. The van der Waals surface area contributed by atoms with Crippen LogP contribution in [0, 0.1) is 0 Å². The molecule has 1 aromatic carbocycles. The molecule has 0 bridgehead atoms. The quantitative estimate of drug-likeness (QED) is 0.688. The molecule has 5 heteroatoms. The Bertz CT molecular complexity index is 444. The maximum absolute atomic E-state index is 11.0. The number of hydrogen-bond acceptors (Lipinski definition) is 4. The summed E-state index contributed by atoms with van der Waals surface area (Å²) in [5, 5.41) is 15.6. The lowest BCUT2D eigenvalue weighted by Gasteiger charge is -2.43. The van der Waals surface area contributed by atoms with E-state index in [1.807, 2.05) is 24.3 Å². The average molecular weight is 264 g/mol. The van der Waals surface area contributed by atoms with Gasteiger partial charge in [0.15, 0.2) is 0 Å². The number of para-hydroxylation sites is 1. The zero-order valence-electron chi connectivity index (χ0n) is 11.1. The second kappa shape index (κ2) is 6.04. The lowest BCUT2D eigenvalue weighted by Crippen LogP contribution is -2.65. The van der Waals surface area contributed by atoms with Gasteiger partial charge in [0.25, 0.3) is 0 Å². The minimum atomic E-state index is -0.775. The highest BCUT2D eigenvalue weighted by molar-refractivity contribution is 5.70. The monoisotopic (exact) mass is 264 g/mol. The van der Waals surface area contributed by atoms with Crippen LogP contribution in [0.4, 0.5) is 5.69 Å². The maximum atomic E-state index is 11.0. The van der Waals surface area contributed by atoms with Crippen molar-refractivity contribution in [3.63, 3.8) is 0 Å². The van der Waals surface area contributed by atoms with Crippen molar-refractivity contribution in [2.75, 3.05) is 32.1 Å². The lowest BCUT2D eigenvalue weighted by atomic mass is 9.87. The number of ether oxygens (including phenoxy) is 1. The molecule has 0 aliphatic carbocycles. The first-order chi connectivity index (χ1) is 9.15. The van der Waals surface area contributed by atoms with Crippen molar-refractivity contribution in [2.24, 2.45) is 0 Å². The maximum Gasteiger partial charge on any atom is 0.305 e. The molecule has 0 amide bonds. The van der Waals surface area contributed by atoms with Crippen molar-refractivity contribution in [1.82, 2.24) is 5.32 Å². The molecule has 5 nitrogen and oxygen atoms in total. The molecule has 0 unspecified atom stereocenters. The van der Waals surface area contributed by atoms with E-state index in [1.54, 1.807) is 7.11 Å². The third-order valence-corrected chi connectivity index (χ3v) is 3.41. The highest BCUT2D eigenvalue weighted by Gasteiger charge is 2.39. The summed E-state index contributed by atoms with van der Waals surface area (Å²) in [7, 11) is 1.68. The van der Waals surface area contributed by atoms with E-state index in [0.29, 0.717) is 19.7 Å². The van der Waals surface area contributed by atoms with E-state index in [9.17, 15) is 4.79 Å². The Kier molecular flexibility index (Phi) is 4.39. The lowest BCUT2D eigenvalue weighted by molar-refractivity contribution is -0.138. The average Bonchev–Trinajstić information content (AvgIpc) is 2.34. The first kappa shape index (κ1) is 13.8. The second-order valence-electron chi connectivity index (χ2n) is 4.98. The van der Waals surface area contributed by atoms with E-state index in [-0.39, 0.29) is 12.0 Å². The zero-order valence-corrected chi connectivity index (χ0v) is 11.1. The summed E-state index contributed by atoms with van der Waals surface area (Å²) in [5.74, 6) is -0.775. The summed E-state index contributed by atoms with van der Waals surface area (Å²) in [6.07, 6.45) is 0.939. The van der Waals surface area contributed by atoms with Gasteiger partial charge < -0.3 is 20.5 Å². The Labute approximate surface area is 113 Å². The minimum absolute atomic E-state index is 0.124. The van der Waals surface area contributed by atoms with Gasteiger partial charge in [0.2, 0.25) is 0 Å². The molecule has 0 radical (unpaired) electrons. The molecule has 19 heavy (non-hydrogen) atoms. The normalized spacial score (nSPS) is 16.7. The predicted octanol–water partition coefficient (Wildman–Crippen LogP) is 1.10. The topological polar surface area (TPSA) is 70.6 Å². The number of carboxylic acid groups (broad SMARTS) is 1. The summed E-state index contributed by atoms with van der Waals surface area (Å²) < 4.78 is 5.10. The van der Waals surface area contributed by atoms with E-state index in [0.717, 1.165) is 17.7 Å². The van der Waals surface area contributed by atoms with Crippen LogP contribution in [-0.2, 0) is 16.0 Å². The van der Waals surface area contributed by atoms with E-state index < -0.39 is 5.97 Å². The van der Waals surface area contributed by atoms with Crippen LogP contribution in [-0.4, -0.2) is 43.4 Å². The second-order valence-corrected chi connectivity index (χ2v) is 4.98. The summed E-state index contributed by atoms with van der Waals surface area (Å²) in [6.45, 7) is 2.01. The largest absolute Gasteiger partial charge is 0.481 e. The van der Waals surface area contributed by atoms with E-state index >= 15 is 0 Å². The van der Waals surface area contributed by atoms with Gasteiger partial charge in [-0.1, -0.05) is 18.2 Å². The number of hydrogen-bond donors (Lipinski definition) is 3. The number of carbonyl (C=O) groups is 1. The van der Waals surface area contributed by atoms with Crippen molar-refractivity contribution in [3.8, 4) is 0 Å². The van der Waals surface area contributed by atoms with Crippen molar-refractivity contribution in [2.45, 2.75) is 18.4 Å². The standard InChI is InChI=1S/C14H20N2O3/c1-19-7-6-11-4-2-3-5-12(11)16-14(8-13(17)18)9-15-10-14/h2-5,15-16H,6-10H2,1H3,(H,17,18). The molecule has 0 aromatic heterocycles. The summed E-state index contributed by atoms with van der Waals surface area (Å²) >= 11 is 0. The van der Waals surface area contributed by atoms with Gasteiger partial charge in [-0.2, -0.15) is 0 Å². The molecule has 1 fully saturated rings. The van der Waals surface area contributed by atoms with Gasteiger partial charge in [0, 0.05) is 25.9 Å². The van der Waals surface area contributed by atoms with Gasteiger partial charge in [-0.05, 0) is 18.1 Å². The number of nitrogens with one attached hydrogen (secondary N) is 2. The third kappa shape index (κ3) is 3.45. The summed E-state index contributed by atoms with van der Waals surface area (Å²) in [6, 6.07) is 7.98. The van der Waals surface area contributed by atoms with Gasteiger partial charge in [0.1, 0.15) is 0 Å². The Morgan fingerprint density at radius 3 is 2.79 bits per heavy atom. The van der Waals surface area contributed by atoms with Crippen LogP contribution in [0.2, 0.25) is 0 Å². The van der Waals surface area contributed by atoms with Crippen LogP contribution in [0.3, 0.4) is 0 Å². The fourth-order valence-electron chi connectivity index (χ4n) is 2.33. The number of carboxylic acids is 1. The van der Waals surface area contributed by atoms with E-state index in [2.05, 4.69) is 10.6 Å². The van der Waals surface area contributed by atoms with Crippen molar-refractivity contribution in [3.05, 3.63) is 29.8 Å². The molecule has 1 saturated heterocycles. The molecule has 0 atom stereocenters. The van der Waals surface area contributed by atoms with Crippen LogP contribution >= 0.6 is 0 Å². The van der Waals surface area contributed by atoms with Crippen LogP contribution < -0.4 is 10.6 Å². The van der Waals surface area contributed by atoms with Crippen LogP contribution in [0.1, 0.15) is 12.0 Å². The number of anilines is 1. The molecular weight excluding hydrogens is 244 g/mol. The van der Waals surface area contributed by atoms with Crippen LogP contribution in [0.25, 0.3) is 0 Å². The smallest absolute Gasteiger partial charge is 0.305 e. The Balaban J connectivity index is 2.10. The predicted molar refractivity (Wildman–Crippen MR) is 73.5 cm³/mol. The zero-order chi connectivity index (χ0) is 13.7. The number of rotatable bonds is 7. The minimum Gasteiger partial charge on any atom is -0.481 e. The van der Waals surface area contributed by atoms with Gasteiger partial charge >= 0.3 is 5.97 Å². The number of methoxy groups -OCH3 is 1. The van der Waals surface area contributed by atoms with Crippen molar-refractivity contribution < 1.29 is 14.6 Å². The number of aliphatic carboxylic acids is 1. The first-order valence-corrected chi connectivity index (χ1v) is 6.43. The molecule has 1 aliphatic rings. The van der Waals surface area contributed by atoms with E-state index in [1.165, 1.54) is 0 Å². The van der Waals surface area contributed by atoms with Gasteiger partial charge in [-0.15, -0.1) is 0 Å². The van der Waals surface area contributed by atoms with E-state index in [4.69, 9.17) is 9.84 Å². The highest BCUT2D eigenvalue weighted by atomic mass is 16.5. The van der Waals surface area contributed by atoms with Gasteiger partial charge in [-0.25, -0.2) is 0 Å². The van der Waals surface area contributed by atoms with Crippen LogP contribution in [0.5, 0.6) is 0 Å². The Hall–Kier alpha value is -1.59. The van der Waals surface area contributed by atoms with Crippen LogP contribution in [0.15, 0.2) is 24.3 Å². The molecule has 1 aliphatic heterocycles. The molecule has 2 rings (SSSR count). The highest BCUT2D eigenvalue weighted by Crippen LogP contribution is 2.26. The first-order valence-electron chi connectivity index (χ1n) is 6.43. The van der Waals surface area contributed by atoms with Gasteiger partial charge in [-0.3, -0.25) is 4.79 Å². The van der Waals surface area contributed by atoms with Gasteiger partial charge in [0.05, 0.1) is 18.6 Å². The third-order valence-electron chi connectivity index (χ3n) is 3.41. The molecule has 0 spiro atoms. The number of benzene rings is 1. The van der Waals surface area contributed by atoms with Crippen molar-refractivity contribution >= 4 is 11.7 Å². The molecular formula is C14H20N2O3. The van der Waals surface area contributed by atoms with Crippen molar-refractivity contribution in [1.29, 1.82) is 0 Å².